The molecule has 6 nitrogen and oxygen atoms in total. The van der Waals surface area contributed by atoms with E-state index in [4.69, 9.17) is 14.2 Å². The molecule has 0 radical (unpaired) electrons. The maximum atomic E-state index is 12.7. The van der Waals surface area contributed by atoms with Gasteiger partial charge in [0, 0.05) is 19.3 Å². The molecule has 0 aromatic heterocycles. The zero-order valence-electron chi connectivity index (χ0n) is 39.5. The van der Waals surface area contributed by atoms with Crippen LogP contribution in [0.15, 0.2) is 24.3 Å². The van der Waals surface area contributed by atoms with E-state index in [1.165, 1.54) is 173 Å². The molecule has 0 fully saturated rings. The van der Waals surface area contributed by atoms with Crippen molar-refractivity contribution in [2.75, 3.05) is 13.2 Å². The molecular weight excluding hydrogens is 733 g/mol. The van der Waals surface area contributed by atoms with Crippen molar-refractivity contribution >= 4 is 17.9 Å². The van der Waals surface area contributed by atoms with Crippen LogP contribution >= 0.6 is 0 Å². The van der Waals surface area contributed by atoms with Gasteiger partial charge in [0.1, 0.15) is 13.2 Å². The predicted molar refractivity (Wildman–Crippen MR) is 252 cm³/mol. The summed E-state index contributed by atoms with van der Waals surface area (Å²) in [5.41, 5.74) is 0. The lowest BCUT2D eigenvalue weighted by molar-refractivity contribution is -0.167. The molecule has 59 heavy (non-hydrogen) atoms. The van der Waals surface area contributed by atoms with Gasteiger partial charge in [-0.25, -0.2) is 0 Å². The molecule has 0 spiro atoms. The van der Waals surface area contributed by atoms with Gasteiger partial charge in [0.05, 0.1) is 0 Å². The molecule has 0 saturated carbocycles. The third kappa shape index (κ3) is 46.8. The summed E-state index contributed by atoms with van der Waals surface area (Å²) >= 11 is 0. The highest BCUT2D eigenvalue weighted by molar-refractivity contribution is 5.71. The van der Waals surface area contributed by atoms with Crippen LogP contribution in [0.5, 0.6) is 0 Å². The number of esters is 3. The summed E-state index contributed by atoms with van der Waals surface area (Å²) < 4.78 is 16.7. The number of carbonyl (C=O) groups excluding carboxylic acids is 3. The van der Waals surface area contributed by atoms with E-state index in [0.29, 0.717) is 19.3 Å². The molecule has 0 aliphatic carbocycles. The van der Waals surface area contributed by atoms with E-state index in [2.05, 4.69) is 45.1 Å². The van der Waals surface area contributed by atoms with E-state index in [0.717, 1.165) is 64.2 Å². The number of hydrogen-bond acceptors (Lipinski definition) is 6. The van der Waals surface area contributed by atoms with Crippen LogP contribution < -0.4 is 0 Å². The number of allylic oxidation sites excluding steroid dienone is 4. The monoisotopic (exact) mass is 831 g/mol. The quantitative estimate of drug-likeness (QED) is 0.0263. The van der Waals surface area contributed by atoms with Crippen molar-refractivity contribution in [2.24, 2.45) is 0 Å². The Morgan fingerprint density at radius 3 is 0.847 bits per heavy atom. The molecule has 1 unspecified atom stereocenters. The molecule has 0 rings (SSSR count). The third-order valence-electron chi connectivity index (χ3n) is 11.4. The second kappa shape index (κ2) is 48.6. The highest BCUT2D eigenvalue weighted by Gasteiger charge is 2.19. The second-order valence-corrected chi connectivity index (χ2v) is 17.4. The summed E-state index contributed by atoms with van der Waals surface area (Å²) in [5, 5.41) is 0. The van der Waals surface area contributed by atoms with E-state index in [1.54, 1.807) is 0 Å². The molecule has 0 saturated heterocycles. The standard InChI is InChI=1S/C53H98O6/c1-4-7-10-13-16-19-21-23-25-26-27-28-29-31-32-34-37-40-43-46-52(55)58-49-50(48-57-51(54)45-42-39-36-18-15-12-9-6-3)59-53(56)47-44-41-38-35-33-30-24-22-20-17-14-11-8-5-2/h22-25,50H,4-21,26-49H2,1-3H3/b24-22-,25-23-. The van der Waals surface area contributed by atoms with Gasteiger partial charge in [-0.15, -0.1) is 0 Å². The summed E-state index contributed by atoms with van der Waals surface area (Å²) in [6.07, 6.45) is 54.6. The Hall–Kier alpha value is -2.11. The minimum atomic E-state index is -0.770. The number of unbranched alkanes of at least 4 members (excludes halogenated alkanes) is 32. The molecule has 0 amide bonds. The van der Waals surface area contributed by atoms with Gasteiger partial charge < -0.3 is 14.2 Å². The fraction of sp³-hybridized carbons (Fsp3) is 0.868. The molecule has 0 aliphatic rings. The maximum absolute atomic E-state index is 12.7. The minimum absolute atomic E-state index is 0.0723. The first-order valence-electron chi connectivity index (χ1n) is 25.8. The molecule has 0 heterocycles. The normalized spacial score (nSPS) is 12.1. The predicted octanol–water partition coefficient (Wildman–Crippen LogP) is 16.8. The fourth-order valence-electron chi connectivity index (χ4n) is 7.49. The lowest BCUT2D eigenvalue weighted by atomic mass is 10.1. The Morgan fingerprint density at radius 2 is 0.559 bits per heavy atom. The van der Waals surface area contributed by atoms with Gasteiger partial charge in [0.2, 0.25) is 0 Å². The molecule has 346 valence electrons. The highest BCUT2D eigenvalue weighted by atomic mass is 16.6. The summed E-state index contributed by atoms with van der Waals surface area (Å²) in [7, 11) is 0. The van der Waals surface area contributed by atoms with Crippen LogP contribution in [0.3, 0.4) is 0 Å². The van der Waals surface area contributed by atoms with Gasteiger partial charge >= 0.3 is 17.9 Å². The molecule has 0 bridgehead atoms. The summed E-state index contributed by atoms with van der Waals surface area (Å²) in [6, 6.07) is 0. The Kier molecular flexibility index (Phi) is 46.8. The SMILES string of the molecule is CCCCCCC/C=C\CCCCCCCC(=O)OC(COC(=O)CCCCCCCCCC)COC(=O)CCCCCCCCCCC/C=C\CCCCCCCC. The van der Waals surface area contributed by atoms with E-state index in [1.807, 2.05) is 0 Å². The molecule has 0 aliphatic heterocycles. The van der Waals surface area contributed by atoms with E-state index >= 15 is 0 Å². The van der Waals surface area contributed by atoms with Crippen molar-refractivity contribution in [1.29, 1.82) is 0 Å². The third-order valence-corrected chi connectivity index (χ3v) is 11.4. The molecule has 1 atom stereocenters. The molecule has 0 N–H and O–H groups in total. The second-order valence-electron chi connectivity index (χ2n) is 17.4. The molecule has 0 aromatic carbocycles. The first kappa shape index (κ1) is 56.9. The average molecular weight is 831 g/mol. The molecule has 0 aromatic rings. The van der Waals surface area contributed by atoms with Crippen molar-refractivity contribution in [1.82, 2.24) is 0 Å². The summed E-state index contributed by atoms with van der Waals surface area (Å²) in [6.45, 7) is 6.61. The van der Waals surface area contributed by atoms with E-state index < -0.39 is 6.10 Å². The van der Waals surface area contributed by atoms with Crippen LogP contribution in [0.2, 0.25) is 0 Å². The van der Waals surface area contributed by atoms with Crippen LogP contribution in [0, 0.1) is 0 Å². The van der Waals surface area contributed by atoms with Gasteiger partial charge in [0.15, 0.2) is 6.10 Å². The minimum Gasteiger partial charge on any atom is -0.462 e. The van der Waals surface area contributed by atoms with Gasteiger partial charge in [0.25, 0.3) is 0 Å². The lowest BCUT2D eigenvalue weighted by Gasteiger charge is -2.18. The van der Waals surface area contributed by atoms with Crippen LogP contribution in [0.1, 0.15) is 278 Å². The molecule has 6 heteroatoms. The first-order chi connectivity index (χ1) is 29.0. The van der Waals surface area contributed by atoms with Crippen LogP contribution in [0.4, 0.5) is 0 Å². The van der Waals surface area contributed by atoms with Crippen LogP contribution in [-0.4, -0.2) is 37.2 Å². The first-order valence-corrected chi connectivity index (χ1v) is 25.8. The Balaban J connectivity index is 4.25. The number of ether oxygens (including phenoxy) is 3. The highest BCUT2D eigenvalue weighted by Crippen LogP contribution is 2.15. The van der Waals surface area contributed by atoms with Crippen molar-refractivity contribution in [2.45, 2.75) is 284 Å². The van der Waals surface area contributed by atoms with E-state index in [9.17, 15) is 14.4 Å². The molecular formula is C53H98O6. The zero-order valence-corrected chi connectivity index (χ0v) is 39.5. The number of hydrogen-bond donors (Lipinski definition) is 0. The van der Waals surface area contributed by atoms with Crippen molar-refractivity contribution in [3.63, 3.8) is 0 Å². The van der Waals surface area contributed by atoms with Crippen molar-refractivity contribution in [3.8, 4) is 0 Å². The number of carbonyl (C=O) groups is 3. The summed E-state index contributed by atoms with van der Waals surface area (Å²) in [4.78, 5) is 37.8. The smallest absolute Gasteiger partial charge is 0.306 e. The zero-order chi connectivity index (χ0) is 43.0. The van der Waals surface area contributed by atoms with Crippen LogP contribution in [0.25, 0.3) is 0 Å². The van der Waals surface area contributed by atoms with Gasteiger partial charge in [-0.1, -0.05) is 212 Å². The fourth-order valence-corrected chi connectivity index (χ4v) is 7.49. The van der Waals surface area contributed by atoms with Gasteiger partial charge in [-0.05, 0) is 70.6 Å². The Labute approximate surface area is 366 Å². The van der Waals surface area contributed by atoms with Crippen LogP contribution in [-0.2, 0) is 28.6 Å². The topological polar surface area (TPSA) is 78.9 Å². The number of rotatable bonds is 47. The van der Waals surface area contributed by atoms with Gasteiger partial charge in [-0.3, -0.25) is 14.4 Å². The lowest BCUT2D eigenvalue weighted by Crippen LogP contribution is -2.30. The van der Waals surface area contributed by atoms with Crippen molar-refractivity contribution < 1.29 is 28.6 Å². The summed E-state index contributed by atoms with van der Waals surface area (Å²) in [5.74, 6) is -0.877. The maximum Gasteiger partial charge on any atom is 0.306 e. The van der Waals surface area contributed by atoms with Gasteiger partial charge in [-0.2, -0.15) is 0 Å². The van der Waals surface area contributed by atoms with Crippen molar-refractivity contribution in [3.05, 3.63) is 24.3 Å². The van der Waals surface area contributed by atoms with E-state index in [-0.39, 0.29) is 31.1 Å². The Morgan fingerprint density at radius 1 is 0.322 bits per heavy atom. The Bertz CT molecular complexity index is 958. The average Bonchev–Trinajstić information content (AvgIpc) is 3.23. The largest absolute Gasteiger partial charge is 0.462 e.